The monoisotopic (exact) mass is 229 g/mol. The summed E-state index contributed by atoms with van der Waals surface area (Å²) >= 11 is 0. The van der Waals surface area contributed by atoms with Crippen molar-refractivity contribution in [2.75, 3.05) is 0 Å². The Balaban J connectivity index is 4.39. The topological polar surface area (TPSA) is 35.2 Å². The van der Waals surface area contributed by atoms with E-state index in [0.717, 1.165) is 6.42 Å². The van der Waals surface area contributed by atoms with Gasteiger partial charge in [0.2, 0.25) is 0 Å². The minimum Gasteiger partial charge on any atom is -0.413 e. The van der Waals surface area contributed by atoms with Crippen LogP contribution in [0.1, 0.15) is 34.1 Å². The summed E-state index contributed by atoms with van der Waals surface area (Å²) in [5, 5.41) is 0.245. The molecule has 0 spiro atoms. The van der Waals surface area contributed by atoms with E-state index in [-0.39, 0.29) is 17.2 Å². The molecule has 0 aliphatic carbocycles. The summed E-state index contributed by atoms with van der Waals surface area (Å²) in [6.07, 6.45) is 2.79. The second-order valence-electron chi connectivity index (χ2n) is 5.77. The zero-order valence-corrected chi connectivity index (χ0v) is 12.1. The molecule has 0 aliphatic heterocycles. The molecule has 2 atom stereocenters. The Hall–Kier alpha value is -0.123. The van der Waals surface area contributed by atoms with Gasteiger partial charge in [0.1, 0.15) is 0 Å². The minimum absolute atomic E-state index is 0.0663. The molecule has 0 saturated heterocycles. The van der Waals surface area contributed by atoms with Crippen molar-refractivity contribution in [1.29, 1.82) is 0 Å². The third kappa shape index (κ3) is 4.49. The quantitative estimate of drug-likeness (QED) is 0.580. The highest BCUT2D eigenvalue weighted by molar-refractivity contribution is 6.74. The maximum absolute atomic E-state index is 6.18. The summed E-state index contributed by atoms with van der Waals surface area (Å²) in [6.45, 7) is 17.0. The Morgan fingerprint density at radius 2 is 1.87 bits per heavy atom. The molecule has 90 valence electrons. The van der Waals surface area contributed by atoms with E-state index in [1.807, 2.05) is 6.08 Å². The molecule has 0 aromatic carbocycles. The predicted molar refractivity (Wildman–Crippen MR) is 70.5 cm³/mol. The van der Waals surface area contributed by atoms with E-state index in [4.69, 9.17) is 10.2 Å². The highest BCUT2D eigenvalue weighted by Gasteiger charge is 2.39. The third-order valence-corrected chi connectivity index (χ3v) is 7.90. The van der Waals surface area contributed by atoms with Crippen LogP contribution in [0.15, 0.2) is 12.7 Å². The van der Waals surface area contributed by atoms with Crippen LogP contribution in [0.25, 0.3) is 0 Å². The van der Waals surface area contributed by atoms with Crippen molar-refractivity contribution in [1.82, 2.24) is 0 Å². The number of rotatable bonds is 5. The molecule has 0 radical (unpaired) electrons. The molecule has 0 unspecified atom stereocenters. The molecule has 0 fully saturated rings. The van der Waals surface area contributed by atoms with Gasteiger partial charge in [0.05, 0.1) is 6.10 Å². The summed E-state index contributed by atoms with van der Waals surface area (Å²) in [7, 11) is -1.67. The summed E-state index contributed by atoms with van der Waals surface area (Å²) in [6, 6.07) is 0.0663. The van der Waals surface area contributed by atoms with Gasteiger partial charge >= 0.3 is 0 Å². The molecule has 0 heterocycles. The molecule has 2 N–H and O–H groups in total. The van der Waals surface area contributed by atoms with Crippen molar-refractivity contribution < 1.29 is 4.43 Å². The van der Waals surface area contributed by atoms with Gasteiger partial charge in [-0.15, -0.1) is 6.58 Å². The lowest BCUT2D eigenvalue weighted by Gasteiger charge is -2.39. The molecular weight excluding hydrogens is 202 g/mol. The van der Waals surface area contributed by atoms with Gasteiger partial charge in [-0.1, -0.05) is 26.8 Å². The first kappa shape index (κ1) is 14.9. The minimum atomic E-state index is -1.67. The van der Waals surface area contributed by atoms with Gasteiger partial charge in [-0.25, -0.2) is 0 Å². The largest absolute Gasteiger partial charge is 0.413 e. The SMILES string of the molecule is C=CC[C@@H](N)[C@H](C)O[Si](C)(C)C(C)(C)C. The summed E-state index contributed by atoms with van der Waals surface area (Å²) < 4.78 is 6.18. The van der Waals surface area contributed by atoms with Crippen LogP contribution in [0.5, 0.6) is 0 Å². The lowest BCUT2D eigenvalue weighted by atomic mass is 10.1. The average molecular weight is 229 g/mol. The van der Waals surface area contributed by atoms with Gasteiger partial charge in [0.25, 0.3) is 0 Å². The van der Waals surface area contributed by atoms with Crippen LogP contribution in [-0.4, -0.2) is 20.5 Å². The maximum atomic E-state index is 6.18. The Kier molecular flexibility index (Phi) is 5.24. The van der Waals surface area contributed by atoms with E-state index in [9.17, 15) is 0 Å². The standard InChI is InChI=1S/C12H27NOSi/c1-8-9-11(13)10(2)14-15(6,7)12(3,4)5/h8,10-11H,1,9,13H2,2-7H3/t10-,11+/m0/s1. The van der Waals surface area contributed by atoms with Gasteiger partial charge in [0, 0.05) is 6.04 Å². The molecule has 0 aromatic heterocycles. The summed E-state index contributed by atoms with van der Waals surface area (Å²) in [4.78, 5) is 0. The van der Waals surface area contributed by atoms with Crippen LogP contribution in [0, 0.1) is 0 Å². The molecule has 3 heteroatoms. The van der Waals surface area contributed by atoms with Crippen molar-refractivity contribution >= 4 is 8.32 Å². The van der Waals surface area contributed by atoms with Crippen molar-refractivity contribution in [2.24, 2.45) is 5.73 Å². The van der Waals surface area contributed by atoms with Crippen LogP contribution in [0.2, 0.25) is 18.1 Å². The first-order chi connectivity index (χ1) is 6.62. The predicted octanol–water partition coefficient (Wildman–Crippen LogP) is 3.30. The second-order valence-corrected chi connectivity index (χ2v) is 10.5. The third-order valence-electron chi connectivity index (χ3n) is 3.33. The number of hydrogen-bond donors (Lipinski definition) is 1. The summed E-state index contributed by atoms with van der Waals surface area (Å²) in [5.74, 6) is 0. The summed E-state index contributed by atoms with van der Waals surface area (Å²) in [5.41, 5.74) is 6.00. The lowest BCUT2D eigenvalue weighted by molar-refractivity contribution is 0.170. The van der Waals surface area contributed by atoms with Crippen LogP contribution in [0.3, 0.4) is 0 Å². The van der Waals surface area contributed by atoms with Crippen molar-refractivity contribution in [2.45, 2.75) is 64.4 Å². The van der Waals surface area contributed by atoms with Crippen molar-refractivity contribution in [3.63, 3.8) is 0 Å². The Bertz CT molecular complexity index is 208. The van der Waals surface area contributed by atoms with Crippen LogP contribution in [-0.2, 0) is 4.43 Å². The molecule has 0 aromatic rings. The normalized spacial score (nSPS) is 17.3. The lowest BCUT2D eigenvalue weighted by Crippen LogP contribution is -2.48. The first-order valence-corrected chi connectivity index (χ1v) is 8.57. The van der Waals surface area contributed by atoms with Gasteiger partial charge in [-0.3, -0.25) is 0 Å². The zero-order chi connectivity index (χ0) is 12.3. The van der Waals surface area contributed by atoms with Crippen molar-refractivity contribution in [3.05, 3.63) is 12.7 Å². The highest BCUT2D eigenvalue weighted by Crippen LogP contribution is 2.37. The zero-order valence-electron chi connectivity index (χ0n) is 11.1. The van der Waals surface area contributed by atoms with E-state index >= 15 is 0 Å². The Morgan fingerprint density at radius 1 is 1.40 bits per heavy atom. The second kappa shape index (κ2) is 5.28. The molecule has 0 aliphatic rings. The van der Waals surface area contributed by atoms with Gasteiger partial charge in [0.15, 0.2) is 8.32 Å². The molecule has 15 heavy (non-hydrogen) atoms. The van der Waals surface area contributed by atoms with Gasteiger partial charge in [-0.2, -0.15) is 0 Å². The average Bonchev–Trinajstić information content (AvgIpc) is 2.01. The fraction of sp³-hybridized carbons (Fsp3) is 0.833. The van der Waals surface area contributed by atoms with Crippen molar-refractivity contribution in [3.8, 4) is 0 Å². The number of hydrogen-bond acceptors (Lipinski definition) is 2. The smallest absolute Gasteiger partial charge is 0.192 e. The molecule has 2 nitrogen and oxygen atoms in total. The van der Waals surface area contributed by atoms with E-state index in [1.54, 1.807) is 0 Å². The van der Waals surface area contributed by atoms with Crippen LogP contribution in [0.4, 0.5) is 0 Å². The van der Waals surface area contributed by atoms with Crippen LogP contribution >= 0.6 is 0 Å². The fourth-order valence-corrected chi connectivity index (χ4v) is 2.57. The highest BCUT2D eigenvalue weighted by atomic mass is 28.4. The van der Waals surface area contributed by atoms with E-state index in [0.29, 0.717) is 0 Å². The first-order valence-electron chi connectivity index (χ1n) is 5.66. The van der Waals surface area contributed by atoms with E-state index in [1.165, 1.54) is 0 Å². The van der Waals surface area contributed by atoms with Gasteiger partial charge in [-0.05, 0) is 31.5 Å². The Morgan fingerprint density at radius 3 is 2.20 bits per heavy atom. The van der Waals surface area contributed by atoms with E-state index in [2.05, 4.69) is 47.4 Å². The fourth-order valence-electron chi connectivity index (χ4n) is 1.11. The number of nitrogens with two attached hydrogens (primary N) is 1. The van der Waals surface area contributed by atoms with Gasteiger partial charge < -0.3 is 10.2 Å². The Labute approximate surface area is 96.0 Å². The molecule has 0 amide bonds. The van der Waals surface area contributed by atoms with E-state index < -0.39 is 8.32 Å². The van der Waals surface area contributed by atoms with Crippen LogP contribution < -0.4 is 5.73 Å². The molecule has 0 bridgehead atoms. The molecule has 0 saturated carbocycles. The molecular formula is C12H27NOSi. The molecule has 0 rings (SSSR count). The maximum Gasteiger partial charge on any atom is 0.192 e.